The number of rotatable bonds is 7. The first kappa shape index (κ1) is 14.1. The number of nitrogens with one attached hydrogen (secondary N) is 1. The van der Waals surface area contributed by atoms with Crippen molar-refractivity contribution in [2.45, 2.75) is 25.8 Å². The highest BCUT2D eigenvalue weighted by Gasteiger charge is 2.25. The van der Waals surface area contributed by atoms with Crippen molar-refractivity contribution < 1.29 is 9.53 Å². The molecule has 0 atom stereocenters. The Morgan fingerprint density at radius 2 is 2.37 bits per heavy atom. The van der Waals surface area contributed by atoms with E-state index in [0.717, 1.165) is 18.0 Å². The van der Waals surface area contributed by atoms with E-state index < -0.39 is 0 Å². The van der Waals surface area contributed by atoms with E-state index in [9.17, 15) is 4.79 Å². The molecule has 1 aromatic rings. The topological polar surface area (TPSA) is 80.5 Å². The lowest BCUT2D eigenvalue weighted by Crippen LogP contribution is -2.30. The third-order valence-corrected chi connectivity index (χ3v) is 3.86. The summed E-state index contributed by atoms with van der Waals surface area (Å²) in [5.74, 6) is 0.208. The van der Waals surface area contributed by atoms with Gasteiger partial charge >= 0.3 is 0 Å². The van der Waals surface area contributed by atoms with Crippen molar-refractivity contribution in [2.75, 3.05) is 37.9 Å². The molecular formula is C12H20N4O2S. The van der Waals surface area contributed by atoms with Crippen LogP contribution < -0.4 is 11.1 Å². The Labute approximate surface area is 116 Å². The van der Waals surface area contributed by atoms with Gasteiger partial charge in [0.15, 0.2) is 5.13 Å². The van der Waals surface area contributed by atoms with Crippen LogP contribution in [0.2, 0.25) is 0 Å². The summed E-state index contributed by atoms with van der Waals surface area (Å²) < 4.78 is 5.24. The summed E-state index contributed by atoms with van der Waals surface area (Å²) >= 11 is 1.32. The molecule has 1 aromatic heterocycles. The maximum absolute atomic E-state index is 12.2. The number of carbonyl (C=O) groups excluding carboxylic acids is 1. The lowest BCUT2D eigenvalue weighted by molar-refractivity contribution is 0.0715. The van der Waals surface area contributed by atoms with E-state index in [1.807, 2.05) is 6.92 Å². The lowest BCUT2D eigenvalue weighted by atomic mass is 10.4. The van der Waals surface area contributed by atoms with Crippen molar-refractivity contribution in [3.63, 3.8) is 0 Å². The fourth-order valence-electron chi connectivity index (χ4n) is 1.57. The normalized spacial score (nSPS) is 14.4. The summed E-state index contributed by atoms with van der Waals surface area (Å²) in [6.45, 7) is 3.67. The maximum atomic E-state index is 12.2. The first-order valence-electron chi connectivity index (χ1n) is 6.47. The first-order valence-corrected chi connectivity index (χ1v) is 7.29. The number of hydrogen-bond acceptors (Lipinski definition) is 6. The minimum absolute atomic E-state index is 0.0986. The number of carbonyl (C=O) groups is 1. The summed E-state index contributed by atoms with van der Waals surface area (Å²) in [5.41, 5.74) is 5.81. The quantitative estimate of drug-likeness (QED) is 0.740. The zero-order valence-corrected chi connectivity index (χ0v) is 12.1. The van der Waals surface area contributed by atoms with Gasteiger partial charge in [0.25, 0.3) is 5.91 Å². The molecule has 0 spiro atoms. The number of hydrogen-bond donors (Lipinski definition) is 2. The van der Waals surface area contributed by atoms with Crippen LogP contribution in [-0.4, -0.2) is 48.6 Å². The van der Waals surface area contributed by atoms with Crippen LogP contribution in [0.15, 0.2) is 0 Å². The van der Waals surface area contributed by atoms with E-state index in [0.29, 0.717) is 36.5 Å². The van der Waals surface area contributed by atoms with E-state index >= 15 is 0 Å². The molecule has 6 nitrogen and oxygen atoms in total. The second-order valence-corrected chi connectivity index (χ2v) is 5.57. The summed E-state index contributed by atoms with van der Waals surface area (Å²) in [4.78, 5) is 18.5. The molecule has 1 aliphatic rings. The van der Waals surface area contributed by atoms with Crippen LogP contribution in [0.1, 0.15) is 29.4 Å². The maximum Gasteiger partial charge on any atom is 0.267 e. The van der Waals surface area contributed by atoms with Crippen molar-refractivity contribution in [1.29, 1.82) is 0 Å². The second kappa shape index (κ2) is 6.21. The average Bonchev–Trinajstić information content (AvgIpc) is 3.11. The summed E-state index contributed by atoms with van der Waals surface area (Å²) in [7, 11) is 1.74. The van der Waals surface area contributed by atoms with Crippen LogP contribution in [0.25, 0.3) is 0 Å². The fourth-order valence-corrected chi connectivity index (χ4v) is 2.53. The van der Waals surface area contributed by atoms with Crippen LogP contribution in [0.4, 0.5) is 10.9 Å². The van der Waals surface area contributed by atoms with Gasteiger partial charge in [-0.2, -0.15) is 0 Å². The van der Waals surface area contributed by atoms with E-state index in [1.54, 1.807) is 11.9 Å². The summed E-state index contributed by atoms with van der Waals surface area (Å²) in [6.07, 6.45) is 2.33. The highest BCUT2D eigenvalue weighted by atomic mass is 32.1. The van der Waals surface area contributed by atoms with Crippen LogP contribution in [-0.2, 0) is 4.74 Å². The molecule has 1 aliphatic carbocycles. The molecule has 106 valence electrons. The van der Waals surface area contributed by atoms with E-state index in [4.69, 9.17) is 10.5 Å². The monoisotopic (exact) mass is 284 g/mol. The summed E-state index contributed by atoms with van der Waals surface area (Å²) in [5, 5.41) is 3.99. The van der Waals surface area contributed by atoms with Crippen molar-refractivity contribution in [2.24, 2.45) is 0 Å². The Balaban J connectivity index is 1.94. The van der Waals surface area contributed by atoms with Crippen LogP contribution >= 0.6 is 11.3 Å². The SMILES string of the molecule is CCOCCN(C)C(=O)c1sc(NC2CC2)nc1N. The van der Waals surface area contributed by atoms with Gasteiger partial charge < -0.3 is 20.7 Å². The molecule has 0 aromatic carbocycles. The van der Waals surface area contributed by atoms with Gasteiger partial charge in [0, 0.05) is 26.2 Å². The molecule has 1 amide bonds. The van der Waals surface area contributed by atoms with Crippen molar-refractivity contribution in [3.8, 4) is 0 Å². The summed E-state index contributed by atoms with van der Waals surface area (Å²) in [6, 6.07) is 0.504. The van der Waals surface area contributed by atoms with E-state index in [2.05, 4.69) is 10.3 Å². The molecule has 0 unspecified atom stereocenters. The molecule has 0 saturated heterocycles. The van der Waals surface area contributed by atoms with Gasteiger partial charge in [-0.25, -0.2) is 4.98 Å². The standard InChI is InChI=1S/C12H20N4O2S/c1-3-18-7-6-16(2)11(17)9-10(13)15-12(19-9)14-8-4-5-8/h8H,3-7,13H2,1-2H3,(H,14,15). The van der Waals surface area contributed by atoms with Crippen LogP contribution in [0.5, 0.6) is 0 Å². The molecule has 7 heteroatoms. The van der Waals surface area contributed by atoms with Crippen LogP contribution in [0.3, 0.4) is 0 Å². The number of nitrogens with zero attached hydrogens (tertiary/aromatic N) is 2. The molecule has 0 radical (unpaired) electrons. The smallest absolute Gasteiger partial charge is 0.267 e. The second-order valence-electron chi connectivity index (χ2n) is 4.58. The number of ether oxygens (including phenoxy) is 1. The van der Waals surface area contributed by atoms with Crippen molar-refractivity contribution in [1.82, 2.24) is 9.88 Å². The Bertz CT molecular complexity index is 445. The number of aromatic nitrogens is 1. The molecule has 19 heavy (non-hydrogen) atoms. The van der Waals surface area contributed by atoms with E-state index in [1.165, 1.54) is 11.3 Å². The number of anilines is 2. The van der Waals surface area contributed by atoms with Gasteiger partial charge in [0.2, 0.25) is 0 Å². The number of thiazole rings is 1. The lowest BCUT2D eigenvalue weighted by Gasteiger charge is -2.15. The third-order valence-electron chi connectivity index (χ3n) is 2.87. The highest BCUT2D eigenvalue weighted by Crippen LogP contribution is 2.31. The van der Waals surface area contributed by atoms with Gasteiger partial charge in [-0.1, -0.05) is 11.3 Å². The number of nitrogens with two attached hydrogens (primary N) is 1. The van der Waals surface area contributed by atoms with Gasteiger partial charge in [0.1, 0.15) is 10.7 Å². The molecule has 1 heterocycles. The Hall–Kier alpha value is -1.34. The predicted molar refractivity (Wildman–Crippen MR) is 76.6 cm³/mol. The first-order chi connectivity index (χ1) is 9.11. The average molecular weight is 284 g/mol. The Morgan fingerprint density at radius 1 is 1.63 bits per heavy atom. The number of amides is 1. The molecule has 0 bridgehead atoms. The largest absolute Gasteiger partial charge is 0.382 e. The number of nitrogen functional groups attached to an aromatic ring is 1. The zero-order chi connectivity index (χ0) is 13.8. The zero-order valence-electron chi connectivity index (χ0n) is 11.3. The third kappa shape index (κ3) is 3.81. The molecule has 1 fully saturated rings. The van der Waals surface area contributed by atoms with Gasteiger partial charge in [-0.15, -0.1) is 0 Å². The van der Waals surface area contributed by atoms with Crippen LogP contribution in [0, 0.1) is 0 Å². The fraction of sp³-hybridized carbons (Fsp3) is 0.667. The Morgan fingerprint density at radius 3 is 3.00 bits per heavy atom. The van der Waals surface area contributed by atoms with Crippen molar-refractivity contribution >= 4 is 28.2 Å². The molecule has 1 saturated carbocycles. The molecule has 3 N–H and O–H groups in total. The number of likely N-dealkylation sites (N-methyl/N-ethyl adjacent to an activating group) is 1. The minimum Gasteiger partial charge on any atom is -0.382 e. The molecule has 0 aliphatic heterocycles. The van der Waals surface area contributed by atoms with Gasteiger partial charge in [-0.05, 0) is 19.8 Å². The highest BCUT2D eigenvalue weighted by molar-refractivity contribution is 7.18. The minimum atomic E-state index is -0.0986. The molecule has 2 rings (SSSR count). The van der Waals surface area contributed by atoms with Gasteiger partial charge in [-0.3, -0.25) is 4.79 Å². The van der Waals surface area contributed by atoms with Gasteiger partial charge in [0.05, 0.1) is 6.61 Å². The predicted octanol–water partition coefficient (Wildman–Crippen LogP) is 1.41. The Kier molecular flexibility index (Phi) is 4.60. The van der Waals surface area contributed by atoms with Crippen molar-refractivity contribution in [3.05, 3.63) is 4.88 Å². The van der Waals surface area contributed by atoms with E-state index in [-0.39, 0.29) is 5.91 Å². The molecular weight excluding hydrogens is 264 g/mol.